The minimum atomic E-state index is -0.945. The molecule has 0 aromatic carbocycles. The number of amides is 2. The minimum Gasteiger partial charge on any atom is -0.389 e. The predicted octanol–water partition coefficient (Wildman–Crippen LogP) is 2.25. The van der Waals surface area contributed by atoms with Crippen LogP contribution in [0.15, 0.2) is 4.52 Å². The second-order valence-corrected chi connectivity index (χ2v) is 6.69. The van der Waals surface area contributed by atoms with E-state index in [-0.39, 0.29) is 18.6 Å². The van der Waals surface area contributed by atoms with Crippen LogP contribution in [0.1, 0.15) is 76.6 Å². The number of nitrogens with zero attached hydrogens (tertiary/aromatic N) is 2. The monoisotopic (exact) mass is 310 g/mol. The van der Waals surface area contributed by atoms with Crippen LogP contribution < -0.4 is 10.6 Å². The maximum absolute atomic E-state index is 11.8. The van der Waals surface area contributed by atoms with Gasteiger partial charge in [0.15, 0.2) is 5.82 Å². The van der Waals surface area contributed by atoms with Gasteiger partial charge >= 0.3 is 6.03 Å². The number of aromatic nitrogens is 2. The highest BCUT2D eigenvalue weighted by molar-refractivity contribution is 5.74. The van der Waals surface area contributed by atoms with Crippen molar-refractivity contribution in [3.05, 3.63) is 11.7 Å². The first kappa shape index (κ1) is 16.7. The molecule has 1 heterocycles. The summed E-state index contributed by atoms with van der Waals surface area (Å²) in [6.07, 6.45) is 5.91. The Bertz CT molecular complexity index is 489. The number of hydrogen-bond acceptors (Lipinski definition) is 5. The van der Waals surface area contributed by atoms with Gasteiger partial charge in [-0.05, 0) is 33.6 Å². The van der Waals surface area contributed by atoms with Gasteiger partial charge in [-0.1, -0.05) is 24.4 Å². The Morgan fingerprint density at radius 2 is 2.09 bits per heavy atom. The van der Waals surface area contributed by atoms with E-state index < -0.39 is 5.60 Å². The van der Waals surface area contributed by atoms with Crippen LogP contribution in [0, 0.1) is 0 Å². The largest absolute Gasteiger partial charge is 0.389 e. The molecule has 0 unspecified atom stereocenters. The molecule has 1 atom stereocenters. The summed E-state index contributed by atoms with van der Waals surface area (Å²) in [5.74, 6) is 1.54. The molecule has 1 aromatic heterocycles. The van der Waals surface area contributed by atoms with Gasteiger partial charge in [-0.2, -0.15) is 4.98 Å². The maximum Gasteiger partial charge on any atom is 0.315 e. The van der Waals surface area contributed by atoms with Crippen molar-refractivity contribution in [3.8, 4) is 0 Å². The van der Waals surface area contributed by atoms with Gasteiger partial charge in [0.05, 0.1) is 5.60 Å². The lowest BCUT2D eigenvalue weighted by Gasteiger charge is -2.19. The van der Waals surface area contributed by atoms with Gasteiger partial charge in [-0.25, -0.2) is 4.79 Å². The Morgan fingerprint density at radius 1 is 1.41 bits per heavy atom. The smallest absolute Gasteiger partial charge is 0.315 e. The quantitative estimate of drug-likeness (QED) is 0.774. The summed E-state index contributed by atoms with van der Waals surface area (Å²) in [6, 6.07) is -0.737. The SMILES string of the molecule is C[C@H](NC(=O)NCC(C)(C)O)c1nc(C2CCCCC2)no1. The first-order valence-corrected chi connectivity index (χ1v) is 7.95. The molecule has 7 nitrogen and oxygen atoms in total. The van der Waals surface area contributed by atoms with E-state index in [4.69, 9.17) is 4.52 Å². The van der Waals surface area contributed by atoms with Crippen LogP contribution >= 0.6 is 0 Å². The molecule has 1 aromatic rings. The Kier molecular flexibility index (Phi) is 5.39. The van der Waals surface area contributed by atoms with Gasteiger partial charge in [0.1, 0.15) is 6.04 Å². The van der Waals surface area contributed by atoms with Crippen LogP contribution in [0.25, 0.3) is 0 Å². The van der Waals surface area contributed by atoms with Gasteiger partial charge in [-0.3, -0.25) is 0 Å². The molecule has 0 saturated heterocycles. The number of carbonyl (C=O) groups is 1. The van der Waals surface area contributed by atoms with Crippen molar-refractivity contribution < 1.29 is 14.4 Å². The van der Waals surface area contributed by atoms with E-state index in [1.54, 1.807) is 20.8 Å². The molecule has 2 rings (SSSR count). The van der Waals surface area contributed by atoms with Crippen molar-refractivity contribution in [1.29, 1.82) is 0 Å². The summed E-state index contributed by atoms with van der Waals surface area (Å²) in [5.41, 5.74) is -0.945. The van der Waals surface area contributed by atoms with E-state index in [0.29, 0.717) is 11.8 Å². The molecule has 7 heteroatoms. The van der Waals surface area contributed by atoms with Crippen molar-refractivity contribution in [2.45, 2.75) is 70.4 Å². The number of rotatable bonds is 5. The second kappa shape index (κ2) is 7.09. The fraction of sp³-hybridized carbons (Fsp3) is 0.800. The highest BCUT2D eigenvalue weighted by atomic mass is 16.5. The fourth-order valence-electron chi connectivity index (χ4n) is 2.56. The topological polar surface area (TPSA) is 100 Å². The number of aliphatic hydroxyl groups is 1. The van der Waals surface area contributed by atoms with Crippen LogP contribution in [0.5, 0.6) is 0 Å². The summed E-state index contributed by atoms with van der Waals surface area (Å²) < 4.78 is 5.27. The van der Waals surface area contributed by atoms with E-state index in [9.17, 15) is 9.90 Å². The van der Waals surface area contributed by atoms with E-state index in [1.807, 2.05) is 0 Å². The molecule has 0 radical (unpaired) electrons. The molecular formula is C15H26N4O3. The van der Waals surface area contributed by atoms with Crippen molar-refractivity contribution in [2.75, 3.05) is 6.54 Å². The molecule has 1 aliphatic carbocycles. The first-order valence-electron chi connectivity index (χ1n) is 7.95. The molecule has 3 N–H and O–H groups in total. The summed E-state index contributed by atoms with van der Waals surface area (Å²) in [7, 11) is 0. The molecule has 1 fully saturated rings. The van der Waals surface area contributed by atoms with Gasteiger partial charge in [0.25, 0.3) is 0 Å². The third-order valence-electron chi connectivity index (χ3n) is 3.83. The van der Waals surface area contributed by atoms with Gasteiger partial charge < -0.3 is 20.3 Å². The molecule has 0 aliphatic heterocycles. The average molecular weight is 310 g/mol. The Labute approximate surface area is 130 Å². The molecule has 22 heavy (non-hydrogen) atoms. The minimum absolute atomic E-state index is 0.169. The standard InChI is InChI=1S/C15H26N4O3/c1-10(17-14(20)16-9-15(2,3)21)13-18-12(19-22-13)11-7-5-4-6-8-11/h10-11,21H,4-9H2,1-3H3,(H2,16,17,20)/t10-/m0/s1. The summed E-state index contributed by atoms with van der Waals surface area (Å²) in [4.78, 5) is 16.2. The van der Waals surface area contributed by atoms with Crippen LogP contribution in [-0.2, 0) is 0 Å². The number of carbonyl (C=O) groups excluding carboxylic acids is 1. The molecule has 1 saturated carbocycles. The summed E-state index contributed by atoms with van der Waals surface area (Å²) in [6.45, 7) is 5.22. The lowest BCUT2D eigenvalue weighted by atomic mass is 9.89. The van der Waals surface area contributed by atoms with Crippen LogP contribution in [0.3, 0.4) is 0 Å². The van der Waals surface area contributed by atoms with E-state index in [1.165, 1.54) is 19.3 Å². The molecule has 124 valence electrons. The zero-order valence-corrected chi connectivity index (χ0v) is 13.6. The van der Waals surface area contributed by atoms with Crippen LogP contribution in [0.2, 0.25) is 0 Å². The zero-order chi connectivity index (χ0) is 16.2. The van der Waals surface area contributed by atoms with Gasteiger partial charge in [0.2, 0.25) is 5.89 Å². The second-order valence-electron chi connectivity index (χ2n) is 6.69. The third kappa shape index (κ3) is 4.98. The Morgan fingerprint density at radius 3 is 2.73 bits per heavy atom. The normalized spacial score (nSPS) is 18.0. The highest BCUT2D eigenvalue weighted by Gasteiger charge is 2.23. The number of nitrogens with one attached hydrogen (secondary N) is 2. The molecule has 0 bridgehead atoms. The van der Waals surface area contributed by atoms with E-state index in [0.717, 1.165) is 18.7 Å². The number of urea groups is 1. The van der Waals surface area contributed by atoms with Crippen LogP contribution in [-0.4, -0.2) is 33.4 Å². The zero-order valence-electron chi connectivity index (χ0n) is 13.6. The first-order chi connectivity index (χ1) is 10.3. The fourth-order valence-corrected chi connectivity index (χ4v) is 2.56. The van der Waals surface area contributed by atoms with Crippen molar-refractivity contribution in [1.82, 2.24) is 20.8 Å². The lowest BCUT2D eigenvalue weighted by molar-refractivity contribution is 0.0817. The molecule has 1 aliphatic rings. The van der Waals surface area contributed by atoms with Gasteiger partial charge in [0, 0.05) is 12.5 Å². The van der Waals surface area contributed by atoms with Crippen molar-refractivity contribution >= 4 is 6.03 Å². The summed E-state index contributed by atoms with van der Waals surface area (Å²) >= 11 is 0. The molecular weight excluding hydrogens is 284 g/mol. The van der Waals surface area contributed by atoms with Gasteiger partial charge in [-0.15, -0.1) is 0 Å². The Hall–Kier alpha value is -1.63. The Balaban J connectivity index is 1.86. The summed E-state index contributed by atoms with van der Waals surface area (Å²) in [5, 5.41) is 19.0. The molecule has 2 amide bonds. The predicted molar refractivity (Wildman–Crippen MR) is 81.4 cm³/mol. The molecule has 0 spiro atoms. The van der Waals surface area contributed by atoms with Crippen LogP contribution in [0.4, 0.5) is 4.79 Å². The number of hydrogen-bond donors (Lipinski definition) is 3. The van der Waals surface area contributed by atoms with Crippen molar-refractivity contribution in [2.24, 2.45) is 0 Å². The van der Waals surface area contributed by atoms with E-state index in [2.05, 4.69) is 20.8 Å². The third-order valence-corrected chi connectivity index (χ3v) is 3.83. The average Bonchev–Trinajstić information content (AvgIpc) is 2.95. The van der Waals surface area contributed by atoms with E-state index >= 15 is 0 Å². The van der Waals surface area contributed by atoms with Crippen molar-refractivity contribution in [3.63, 3.8) is 0 Å². The maximum atomic E-state index is 11.8. The highest BCUT2D eigenvalue weighted by Crippen LogP contribution is 2.31. The lowest BCUT2D eigenvalue weighted by Crippen LogP contribution is -2.44.